The predicted molar refractivity (Wildman–Crippen MR) is 60.2 cm³/mol. The molecule has 0 radical (unpaired) electrons. The van der Waals surface area contributed by atoms with Crippen LogP contribution in [0.5, 0.6) is 0 Å². The smallest absolute Gasteiger partial charge is 0.375 e. The van der Waals surface area contributed by atoms with Crippen molar-refractivity contribution in [1.29, 1.82) is 0 Å². The zero-order chi connectivity index (χ0) is 13.6. The third-order valence-corrected chi connectivity index (χ3v) is 2.90. The van der Waals surface area contributed by atoms with Crippen molar-refractivity contribution in [3.63, 3.8) is 0 Å². The van der Waals surface area contributed by atoms with Gasteiger partial charge in [0.05, 0.1) is 0 Å². The van der Waals surface area contributed by atoms with Crippen LogP contribution in [0.3, 0.4) is 0 Å². The Hall–Kier alpha value is -2.31. The van der Waals surface area contributed by atoms with E-state index < -0.39 is 23.4 Å². The summed E-state index contributed by atoms with van der Waals surface area (Å²) in [5.74, 6) is -2.58. The van der Waals surface area contributed by atoms with Crippen molar-refractivity contribution in [3.8, 4) is 5.69 Å². The zero-order valence-corrected chi connectivity index (χ0v) is 9.68. The van der Waals surface area contributed by atoms with Gasteiger partial charge in [-0.25, -0.2) is 23.2 Å². The monoisotopic (exact) mass is 265 g/mol. The Kier molecular flexibility index (Phi) is 2.55. The fourth-order valence-corrected chi connectivity index (χ4v) is 1.85. The molecule has 0 spiro atoms. The quantitative estimate of drug-likeness (QED) is 0.923. The lowest BCUT2D eigenvalue weighted by atomic mass is 10.3. The first-order valence-electron chi connectivity index (χ1n) is 5.72. The Morgan fingerprint density at radius 1 is 1.37 bits per heavy atom. The molecule has 1 fully saturated rings. The number of rotatable bonds is 3. The number of aromatic nitrogens is 3. The summed E-state index contributed by atoms with van der Waals surface area (Å²) in [4.78, 5) is 14.8. The number of hydrogen-bond acceptors (Lipinski definition) is 3. The van der Waals surface area contributed by atoms with Gasteiger partial charge in [0.25, 0.3) is 5.82 Å². The molecule has 1 aliphatic rings. The zero-order valence-electron chi connectivity index (χ0n) is 9.68. The molecule has 0 aliphatic heterocycles. The van der Waals surface area contributed by atoms with Crippen LogP contribution in [0.4, 0.5) is 8.78 Å². The minimum atomic E-state index is -1.29. The van der Waals surface area contributed by atoms with Gasteiger partial charge in [-0.3, -0.25) is 0 Å². The molecular formula is C12H9F2N3O2. The second-order valence-electron chi connectivity index (χ2n) is 4.38. The molecule has 5 nitrogen and oxygen atoms in total. The van der Waals surface area contributed by atoms with Crippen LogP contribution in [-0.4, -0.2) is 25.8 Å². The first-order valence-corrected chi connectivity index (χ1v) is 5.72. The second kappa shape index (κ2) is 4.11. The largest absolute Gasteiger partial charge is 0.475 e. The Bertz CT molecular complexity index is 665. The number of carboxylic acids is 1. The molecule has 0 saturated heterocycles. The molecule has 0 atom stereocenters. The van der Waals surface area contributed by atoms with Crippen LogP contribution in [-0.2, 0) is 0 Å². The molecule has 98 valence electrons. The lowest BCUT2D eigenvalue weighted by molar-refractivity contribution is 0.0683. The van der Waals surface area contributed by atoms with Gasteiger partial charge in [0, 0.05) is 12.0 Å². The lowest BCUT2D eigenvalue weighted by Crippen LogP contribution is -2.06. The van der Waals surface area contributed by atoms with E-state index in [-0.39, 0.29) is 11.6 Å². The minimum absolute atomic E-state index is 0.0586. The molecule has 1 aromatic heterocycles. The third kappa shape index (κ3) is 2.07. The standard InChI is InChI=1S/C12H9F2N3O2/c13-7-3-4-8(14)9(5-7)17-11(6-1-2-6)15-10(16-17)12(18)19/h3-6H,1-2H2,(H,18,19). The van der Waals surface area contributed by atoms with Crippen LogP contribution in [0, 0.1) is 11.6 Å². The van der Waals surface area contributed by atoms with Crippen molar-refractivity contribution >= 4 is 5.97 Å². The average molecular weight is 265 g/mol. The molecule has 1 heterocycles. The van der Waals surface area contributed by atoms with Crippen LogP contribution in [0.15, 0.2) is 18.2 Å². The molecule has 1 N–H and O–H groups in total. The average Bonchev–Trinajstić information content (AvgIpc) is 3.11. The molecule has 0 unspecified atom stereocenters. The van der Waals surface area contributed by atoms with Gasteiger partial charge >= 0.3 is 5.97 Å². The topological polar surface area (TPSA) is 68.0 Å². The summed E-state index contributed by atoms with van der Waals surface area (Å²) >= 11 is 0. The fourth-order valence-electron chi connectivity index (χ4n) is 1.85. The van der Waals surface area contributed by atoms with Gasteiger partial charge in [0.15, 0.2) is 0 Å². The molecule has 0 bridgehead atoms. The summed E-state index contributed by atoms with van der Waals surface area (Å²) in [7, 11) is 0. The van der Waals surface area contributed by atoms with Gasteiger partial charge in [-0.15, -0.1) is 5.10 Å². The van der Waals surface area contributed by atoms with Gasteiger partial charge < -0.3 is 5.11 Å². The highest BCUT2D eigenvalue weighted by Crippen LogP contribution is 2.40. The summed E-state index contributed by atoms with van der Waals surface area (Å²) in [5.41, 5.74) is -0.123. The Balaban J connectivity index is 2.17. The SMILES string of the molecule is O=C(O)c1nc(C2CC2)n(-c2cc(F)ccc2F)n1. The Morgan fingerprint density at radius 2 is 2.11 bits per heavy atom. The van der Waals surface area contributed by atoms with E-state index in [0.29, 0.717) is 5.82 Å². The van der Waals surface area contributed by atoms with E-state index in [9.17, 15) is 13.6 Å². The van der Waals surface area contributed by atoms with Crippen molar-refractivity contribution in [1.82, 2.24) is 14.8 Å². The van der Waals surface area contributed by atoms with Crippen LogP contribution in [0.2, 0.25) is 0 Å². The number of carbonyl (C=O) groups is 1. The Labute approximate surface area is 106 Å². The van der Waals surface area contributed by atoms with Gasteiger partial charge in [-0.05, 0) is 25.0 Å². The van der Waals surface area contributed by atoms with Crippen LogP contribution < -0.4 is 0 Å². The highest BCUT2D eigenvalue weighted by molar-refractivity contribution is 5.83. The molecule has 19 heavy (non-hydrogen) atoms. The van der Waals surface area contributed by atoms with Crippen molar-refractivity contribution in [2.24, 2.45) is 0 Å². The maximum atomic E-state index is 13.7. The van der Waals surface area contributed by atoms with E-state index in [2.05, 4.69) is 10.1 Å². The second-order valence-corrected chi connectivity index (χ2v) is 4.38. The van der Waals surface area contributed by atoms with E-state index in [4.69, 9.17) is 5.11 Å². The maximum absolute atomic E-state index is 13.7. The van der Waals surface area contributed by atoms with E-state index >= 15 is 0 Å². The number of carboxylic acid groups (broad SMARTS) is 1. The van der Waals surface area contributed by atoms with Crippen LogP contribution in [0.1, 0.15) is 35.2 Å². The Morgan fingerprint density at radius 3 is 2.74 bits per heavy atom. The summed E-state index contributed by atoms with van der Waals surface area (Å²) in [6.07, 6.45) is 1.68. The predicted octanol–water partition coefficient (Wildman–Crippen LogP) is 2.12. The number of aromatic carboxylic acids is 1. The van der Waals surface area contributed by atoms with Gasteiger partial charge in [-0.1, -0.05) is 0 Å². The number of nitrogens with zero attached hydrogens (tertiary/aromatic N) is 3. The first kappa shape index (κ1) is 11.8. The minimum Gasteiger partial charge on any atom is -0.475 e. The molecule has 2 aromatic rings. The summed E-state index contributed by atoms with van der Waals surface area (Å²) in [6.45, 7) is 0. The highest BCUT2D eigenvalue weighted by atomic mass is 19.1. The summed E-state index contributed by atoms with van der Waals surface area (Å²) < 4.78 is 28.0. The third-order valence-electron chi connectivity index (χ3n) is 2.90. The molecule has 1 aliphatic carbocycles. The lowest BCUT2D eigenvalue weighted by Gasteiger charge is -2.06. The maximum Gasteiger partial charge on any atom is 0.375 e. The van der Waals surface area contributed by atoms with Crippen LogP contribution >= 0.6 is 0 Å². The first-order chi connectivity index (χ1) is 9.06. The molecule has 0 amide bonds. The van der Waals surface area contributed by atoms with Crippen molar-refractivity contribution in [2.45, 2.75) is 18.8 Å². The molecule has 7 heteroatoms. The number of hydrogen-bond donors (Lipinski definition) is 1. The van der Waals surface area contributed by atoms with Crippen molar-refractivity contribution in [3.05, 3.63) is 41.5 Å². The normalized spacial score (nSPS) is 14.6. The molecular weight excluding hydrogens is 256 g/mol. The summed E-state index contributed by atoms with van der Waals surface area (Å²) in [6, 6.07) is 2.94. The van der Waals surface area contributed by atoms with Gasteiger partial charge in [-0.2, -0.15) is 0 Å². The van der Waals surface area contributed by atoms with Crippen LogP contribution in [0.25, 0.3) is 5.69 Å². The van der Waals surface area contributed by atoms with E-state index in [1.165, 1.54) is 0 Å². The van der Waals surface area contributed by atoms with Gasteiger partial charge in [0.2, 0.25) is 0 Å². The highest BCUT2D eigenvalue weighted by Gasteiger charge is 2.32. The van der Waals surface area contributed by atoms with E-state index in [1.807, 2.05) is 0 Å². The van der Waals surface area contributed by atoms with E-state index in [1.54, 1.807) is 0 Å². The molecule has 1 aromatic carbocycles. The fraction of sp³-hybridized carbons (Fsp3) is 0.250. The number of benzene rings is 1. The molecule has 3 rings (SSSR count). The van der Waals surface area contributed by atoms with Gasteiger partial charge in [0.1, 0.15) is 23.1 Å². The van der Waals surface area contributed by atoms with Crippen molar-refractivity contribution in [2.75, 3.05) is 0 Å². The van der Waals surface area contributed by atoms with E-state index in [0.717, 1.165) is 35.7 Å². The summed E-state index contributed by atoms with van der Waals surface area (Å²) in [5, 5.41) is 12.6. The van der Waals surface area contributed by atoms with Crippen molar-refractivity contribution < 1.29 is 18.7 Å². The molecule has 1 saturated carbocycles. The number of halogens is 2.